The molecule has 1 amide bonds. The zero-order valence-corrected chi connectivity index (χ0v) is 13.4. The molecule has 1 fully saturated rings. The fourth-order valence-corrected chi connectivity index (χ4v) is 4.31. The Morgan fingerprint density at radius 3 is 2.48 bits per heavy atom. The zero-order chi connectivity index (χ0) is 15.6. The summed E-state index contributed by atoms with van der Waals surface area (Å²) in [5, 5.41) is 0. The molecule has 1 aliphatic heterocycles. The van der Waals surface area contributed by atoms with E-state index in [-0.39, 0.29) is 5.91 Å². The van der Waals surface area contributed by atoms with Gasteiger partial charge in [-0.1, -0.05) is 67.8 Å². The summed E-state index contributed by atoms with van der Waals surface area (Å²) in [5.74, 6) is 0.725. The Morgan fingerprint density at radius 1 is 0.870 bits per heavy atom. The summed E-state index contributed by atoms with van der Waals surface area (Å²) in [4.78, 5) is 15.3. The Balaban J connectivity index is 1.74. The van der Waals surface area contributed by atoms with E-state index in [2.05, 4.69) is 41.3 Å². The third-order valence-electron chi connectivity index (χ3n) is 5.43. The summed E-state index contributed by atoms with van der Waals surface area (Å²) in [6, 6.07) is 19.0. The molecule has 0 bridgehead atoms. The lowest BCUT2D eigenvalue weighted by atomic mass is 9.80. The van der Waals surface area contributed by atoms with Crippen molar-refractivity contribution >= 4 is 5.91 Å². The van der Waals surface area contributed by atoms with Gasteiger partial charge in [0.1, 0.15) is 0 Å². The van der Waals surface area contributed by atoms with Crippen LogP contribution in [0.4, 0.5) is 0 Å². The van der Waals surface area contributed by atoms with E-state index < -0.39 is 0 Å². The van der Waals surface area contributed by atoms with Gasteiger partial charge in [0.15, 0.2) is 0 Å². The lowest BCUT2D eigenvalue weighted by molar-refractivity contribution is 0.0578. The number of carbonyl (C=O) groups is 1. The van der Waals surface area contributed by atoms with Gasteiger partial charge in [0.2, 0.25) is 0 Å². The van der Waals surface area contributed by atoms with Gasteiger partial charge in [-0.3, -0.25) is 4.79 Å². The van der Waals surface area contributed by atoms with E-state index in [1.165, 1.54) is 36.8 Å². The van der Waals surface area contributed by atoms with Crippen LogP contribution in [0.15, 0.2) is 54.6 Å². The van der Waals surface area contributed by atoms with Gasteiger partial charge in [-0.15, -0.1) is 0 Å². The molecule has 2 nitrogen and oxygen atoms in total. The van der Waals surface area contributed by atoms with Crippen molar-refractivity contribution in [2.24, 2.45) is 0 Å². The van der Waals surface area contributed by atoms with Crippen LogP contribution in [0.5, 0.6) is 0 Å². The second-order valence-corrected chi connectivity index (χ2v) is 6.82. The SMILES string of the molecule is O=C1c2ccccc2C2CCCCCC2N1Cc1ccccc1. The Bertz CT molecular complexity index is 694. The van der Waals surface area contributed by atoms with Crippen molar-refractivity contribution in [2.45, 2.75) is 50.6 Å². The Hall–Kier alpha value is -2.09. The molecular weight excluding hydrogens is 282 g/mol. The molecule has 2 aromatic carbocycles. The number of hydrogen-bond acceptors (Lipinski definition) is 1. The average Bonchev–Trinajstić information content (AvgIpc) is 2.86. The molecule has 4 rings (SSSR count). The first-order valence-electron chi connectivity index (χ1n) is 8.78. The summed E-state index contributed by atoms with van der Waals surface area (Å²) in [7, 11) is 0. The molecule has 0 radical (unpaired) electrons. The molecule has 2 heteroatoms. The van der Waals surface area contributed by atoms with Gasteiger partial charge in [0.25, 0.3) is 5.91 Å². The second kappa shape index (κ2) is 6.19. The van der Waals surface area contributed by atoms with Gasteiger partial charge in [-0.05, 0) is 30.0 Å². The van der Waals surface area contributed by atoms with Crippen molar-refractivity contribution in [1.29, 1.82) is 0 Å². The van der Waals surface area contributed by atoms with Gasteiger partial charge >= 0.3 is 0 Å². The number of nitrogens with zero attached hydrogens (tertiary/aromatic N) is 1. The fourth-order valence-electron chi connectivity index (χ4n) is 4.31. The number of fused-ring (bicyclic) bond motifs is 3. The first kappa shape index (κ1) is 14.5. The van der Waals surface area contributed by atoms with Gasteiger partial charge in [-0.25, -0.2) is 0 Å². The molecule has 0 spiro atoms. The summed E-state index contributed by atoms with van der Waals surface area (Å²) >= 11 is 0. The van der Waals surface area contributed by atoms with E-state index in [1.54, 1.807) is 0 Å². The summed E-state index contributed by atoms with van der Waals surface area (Å²) in [6.07, 6.45) is 6.16. The van der Waals surface area contributed by atoms with Crippen LogP contribution in [0.1, 0.15) is 59.5 Å². The third-order valence-corrected chi connectivity index (χ3v) is 5.43. The Labute approximate surface area is 138 Å². The van der Waals surface area contributed by atoms with Crippen LogP contribution in [0.3, 0.4) is 0 Å². The van der Waals surface area contributed by atoms with E-state index in [0.717, 1.165) is 18.5 Å². The largest absolute Gasteiger partial charge is 0.331 e. The number of benzene rings is 2. The molecule has 23 heavy (non-hydrogen) atoms. The van der Waals surface area contributed by atoms with Gasteiger partial charge in [0.05, 0.1) is 0 Å². The average molecular weight is 305 g/mol. The quantitative estimate of drug-likeness (QED) is 0.783. The number of carbonyl (C=O) groups excluding carboxylic acids is 1. The Kier molecular flexibility index (Phi) is 3.90. The lowest BCUT2D eigenvalue weighted by Gasteiger charge is -2.42. The topological polar surface area (TPSA) is 20.3 Å². The Morgan fingerprint density at radius 2 is 1.61 bits per heavy atom. The molecule has 0 aromatic heterocycles. The van der Waals surface area contributed by atoms with E-state index in [9.17, 15) is 4.79 Å². The van der Waals surface area contributed by atoms with Crippen molar-refractivity contribution in [3.63, 3.8) is 0 Å². The van der Waals surface area contributed by atoms with Crippen LogP contribution in [0.2, 0.25) is 0 Å². The van der Waals surface area contributed by atoms with E-state index >= 15 is 0 Å². The molecule has 2 unspecified atom stereocenters. The molecule has 2 aliphatic rings. The van der Waals surface area contributed by atoms with Crippen LogP contribution in [-0.4, -0.2) is 16.8 Å². The van der Waals surface area contributed by atoms with Crippen molar-refractivity contribution < 1.29 is 4.79 Å². The molecule has 118 valence electrons. The van der Waals surface area contributed by atoms with E-state index in [1.807, 2.05) is 18.2 Å². The maximum atomic E-state index is 13.1. The fraction of sp³-hybridized carbons (Fsp3) is 0.381. The molecule has 0 saturated heterocycles. The second-order valence-electron chi connectivity index (χ2n) is 6.82. The number of amides is 1. The van der Waals surface area contributed by atoms with Crippen molar-refractivity contribution in [3.8, 4) is 0 Å². The normalized spacial score (nSPS) is 23.8. The monoisotopic (exact) mass is 305 g/mol. The standard InChI is InChI=1S/C21H23NO/c23-21-19-13-8-7-11-17(19)18-12-5-2-6-14-20(18)22(21)15-16-9-3-1-4-10-16/h1,3-4,7-11,13,18,20H,2,5-6,12,14-15H2. The minimum Gasteiger partial charge on any atom is -0.331 e. The molecule has 0 N–H and O–H groups in total. The highest BCUT2D eigenvalue weighted by atomic mass is 16.2. The maximum absolute atomic E-state index is 13.1. The maximum Gasteiger partial charge on any atom is 0.254 e. The minimum absolute atomic E-state index is 0.215. The summed E-state index contributed by atoms with van der Waals surface area (Å²) in [5.41, 5.74) is 3.43. The first-order chi connectivity index (χ1) is 11.3. The number of rotatable bonds is 2. The first-order valence-corrected chi connectivity index (χ1v) is 8.78. The van der Waals surface area contributed by atoms with Crippen molar-refractivity contribution in [3.05, 3.63) is 71.3 Å². The van der Waals surface area contributed by atoms with E-state index in [0.29, 0.717) is 12.0 Å². The highest BCUT2D eigenvalue weighted by molar-refractivity contribution is 5.97. The van der Waals surface area contributed by atoms with Crippen molar-refractivity contribution in [2.75, 3.05) is 0 Å². The minimum atomic E-state index is 0.215. The van der Waals surface area contributed by atoms with Crippen LogP contribution < -0.4 is 0 Å². The highest BCUT2D eigenvalue weighted by Crippen LogP contribution is 2.41. The van der Waals surface area contributed by atoms with Crippen LogP contribution in [-0.2, 0) is 6.54 Å². The van der Waals surface area contributed by atoms with Gasteiger partial charge < -0.3 is 4.90 Å². The van der Waals surface area contributed by atoms with Crippen LogP contribution >= 0.6 is 0 Å². The van der Waals surface area contributed by atoms with Gasteiger partial charge in [-0.2, -0.15) is 0 Å². The summed E-state index contributed by atoms with van der Waals surface area (Å²) in [6.45, 7) is 0.731. The predicted molar refractivity (Wildman–Crippen MR) is 92.4 cm³/mol. The zero-order valence-electron chi connectivity index (χ0n) is 13.4. The molecule has 2 aromatic rings. The molecule has 1 saturated carbocycles. The third kappa shape index (κ3) is 2.67. The molecular formula is C21H23NO. The van der Waals surface area contributed by atoms with Crippen LogP contribution in [0, 0.1) is 0 Å². The predicted octanol–water partition coefficient (Wildman–Crippen LogP) is 4.76. The van der Waals surface area contributed by atoms with Gasteiger partial charge in [0, 0.05) is 24.1 Å². The molecule has 2 atom stereocenters. The molecule has 1 heterocycles. The summed E-state index contributed by atoms with van der Waals surface area (Å²) < 4.78 is 0. The van der Waals surface area contributed by atoms with E-state index in [4.69, 9.17) is 0 Å². The van der Waals surface area contributed by atoms with Crippen molar-refractivity contribution in [1.82, 2.24) is 4.90 Å². The lowest BCUT2D eigenvalue weighted by Crippen LogP contribution is -2.47. The smallest absolute Gasteiger partial charge is 0.254 e. The van der Waals surface area contributed by atoms with Crippen LogP contribution in [0.25, 0.3) is 0 Å². The number of hydrogen-bond donors (Lipinski definition) is 0. The highest BCUT2D eigenvalue weighted by Gasteiger charge is 2.39. The molecule has 1 aliphatic carbocycles.